The lowest BCUT2D eigenvalue weighted by atomic mass is 10.2. The van der Waals surface area contributed by atoms with Gasteiger partial charge in [0.2, 0.25) is 5.16 Å². The Bertz CT molecular complexity index is 851. The highest BCUT2D eigenvalue weighted by atomic mass is 79.9. The maximum Gasteiger partial charge on any atom is 0.214 e. The Kier molecular flexibility index (Phi) is 5.27. The Labute approximate surface area is 151 Å². The van der Waals surface area contributed by atoms with Gasteiger partial charge in [0.1, 0.15) is 11.4 Å². The molecule has 6 nitrogen and oxygen atoms in total. The Morgan fingerprint density at radius 1 is 1.21 bits per heavy atom. The normalized spacial score (nSPS) is 10.6. The summed E-state index contributed by atoms with van der Waals surface area (Å²) in [4.78, 5) is 12.3. The van der Waals surface area contributed by atoms with Gasteiger partial charge in [0, 0.05) is 10.0 Å². The summed E-state index contributed by atoms with van der Waals surface area (Å²) in [7, 11) is 1.59. The molecule has 0 N–H and O–H groups in total. The molecule has 0 bridgehead atoms. The van der Waals surface area contributed by atoms with Crippen molar-refractivity contribution in [1.29, 1.82) is 0 Å². The first-order valence-electron chi connectivity index (χ1n) is 7.02. The van der Waals surface area contributed by atoms with E-state index in [1.165, 1.54) is 11.8 Å². The number of para-hydroxylation sites is 2. The first kappa shape index (κ1) is 16.7. The van der Waals surface area contributed by atoms with Crippen molar-refractivity contribution in [3.63, 3.8) is 0 Å². The van der Waals surface area contributed by atoms with Gasteiger partial charge in [-0.3, -0.25) is 4.79 Å². The van der Waals surface area contributed by atoms with E-state index in [4.69, 9.17) is 4.74 Å². The molecular formula is C16H13BrN4O2S. The molecule has 0 atom stereocenters. The number of Topliss-reactive ketones (excluding diaryl/α,β-unsaturated/α-hetero) is 1. The summed E-state index contributed by atoms with van der Waals surface area (Å²) < 4.78 is 7.84. The second kappa shape index (κ2) is 7.59. The van der Waals surface area contributed by atoms with E-state index in [1.807, 2.05) is 36.4 Å². The maximum atomic E-state index is 12.3. The predicted molar refractivity (Wildman–Crippen MR) is 94.9 cm³/mol. The number of aromatic nitrogens is 4. The third kappa shape index (κ3) is 3.65. The van der Waals surface area contributed by atoms with Crippen molar-refractivity contribution >= 4 is 33.5 Å². The molecule has 0 radical (unpaired) electrons. The zero-order chi connectivity index (χ0) is 16.9. The number of ketones is 1. The third-order valence-corrected chi connectivity index (χ3v) is 4.70. The van der Waals surface area contributed by atoms with Gasteiger partial charge in [0.15, 0.2) is 5.78 Å². The fourth-order valence-corrected chi connectivity index (χ4v) is 3.12. The van der Waals surface area contributed by atoms with Crippen molar-refractivity contribution in [2.24, 2.45) is 0 Å². The standard InChI is InChI=1S/C16H13BrN4O2S/c1-23-15-5-3-2-4-13(15)21-16(18-19-20-21)24-10-14(22)11-6-8-12(17)9-7-11/h2-9H,10H2,1H3. The molecule has 0 aliphatic rings. The minimum Gasteiger partial charge on any atom is -0.494 e. The summed E-state index contributed by atoms with van der Waals surface area (Å²) in [5.74, 6) is 0.921. The van der Waals surface area contributed by atoms with Crippen LogP contribution < -0.4 is 4.74 Å². The average Bonchev–Trinajstić information content (AvgIpc) is 3.08. The highest BCUT2D eigenvalue weighted by Crippen LogP contribution is 2.26. The number of benzene rings is 2. The largest absolute Gasteiger partial charge is 0.494 e. The molecule has 0 amide bonds. The number of rotatable bonds is 6. The molecule has 0 saturated carbocycles. The number of halogens is 1. The van der Waals surface area contributed by atoms with Crippen LogP contribution >= 0.6 is 27.7 Å². The monoisotopic (exact) mass is 404 g/mol. The minimum atomic E-state index is 0.0158. The molecule has 0 spiro atoms. The predicted octanol–water partition coefficient (Wildman–Crippen LogP) is 3.41. The van der Waals surface area contributed by atoms with Gasteiger partial charge in [-0.2, -0.15) is 4.68 Å². The lowest BCUT2D eigenvalue weighted by molar-refractivity contribution is 0.102. The molecule has 3 aromatic rings. The van der Waals surface area contributed by atoms with Gasteiger partial charge in [-0.25, -0.2) is 0 Å². The maximum absolute atomic E-state index is 12.3. The number of hydrogen-bond donors (Lipinski definition) is 0. The van der Waals surface area contributed by atoms with Gasteiger partial charge in [0.25, 0.3) is 0 Å². The Hall–Kier alpha value is -2.19. The summed E-state index contributed by atoms with van der Waals surface area (Å²) in [5, 5.41) is 12.2. The molecule has 8 heteroatoms. The highest BCUT2D eigenvalue weighted by Gasteiger charge is 2.15. The van der Waals surface area contributed by atoms with Crippen LogP contribution in [-0.2, 0) is 0 Å². The number of hydrogen-bond acceptors (Lipinski definition) is 6. The number of ether oxygens (including phenoxy) is 1. The van der Waals surface area contributed by atoms with Crippen molar-refractivity contribution < 1.29 is 9.53 Å². The van der Waals surface area contributed by atoms with Crippen molar-refractivity contribution in [2.45, 2.75) is 5.16 Å². The van der Waals surface area contributed by atoms with E-state index in [2.05, 4.69) is 31.5 Å². The summed E-state index contributed by atoms with van der Waals surface area (Å²) >= 11 is 4.64. The van der Waals surface area contributed by atoms with E-state index in [-0.39, 0.29) is 11.5 Å². The van der Waals surface area contributed by atoms with Crippen LogP contribution in [0.1, 0.15) is 10.4 Å². The van der Waals surface area contributed by atoms with Crippen LogP contribution in [0.3, 0.4) is 0 Å². The lowest BCUT2D eigenvalue weighted by Gasteiger charge is -2.08. The molecule has 1 aromatic heterocycles. The van der Waals surface area contributed by atoms with Crippen molar-refractivity contribution in [3.8, 4) is 11.4 Å². The molecular weight excluding hydrogens is 392 g/mol. The second-order valence-electron chi connectivity index (χ2n) is 4.76. The van der Waals surface area contributed by atoms with Gasteiger partial charge in [-0.15, -0.1) is 5.10 Å². The number of carbonyl (C=O) groups excluding carboxylic acids is 1. The lowest BCUT2D eigenvalue weighted by Crippen LogP contribution is -2.05. The Morgan fingerprint density at radius 3 is 2.71 bits per heavy atom. The van der Waals surface area contributed by atoms with E-state index < -0.39 is 0 Å². The van der Waals surface area contributed by atoms with Gasteiger partial charge < -0.3 is 4.74 Å². The topological polar surface area (TPSA) is 69.9 Å². The van der Waals surface area contributed by atoms with Crippen LogP contribution in [0.4, 0.5) is 0 Å². The summed E-state index contributed by atoms with van der Waals surface area (Å²) in [6, 6.07) is 14.7. The smallest absolute Gasteiger partial charge is 0.214 e. The van der Waals surface area contributed by atoms with Crippen LogP contribution in [-0.4, -0.2) is 38.9 Å². The first-order chi connectivity index (χ1) is 11.7. The zero-order valence-electron chi connectivity index (χ0n) is 12.7. The number of nitrogens with zero attached hydrogens (tertiary/aromatic N) is 4. The van der Waals surface area contributed by atoms with Crippen LogP contribution in [0, 0.1) is 0 Å². The third-order valence-electron chi connectivity index (χ3n) is 3.25. The van der Waals surface area contributed by atoms with Crippen LogP contribution in [0.25, 0.3) is 5.69 Å². The van der Waals surface area contributed by atoms with Crippen LogP contribution in [0.5, 0.6) is 5.75 Å². The minimum absolute atomic E-state index is 0.0158. The molecule has 1 heterocycles. The van der Waals surface area contributed by atoms with E-state index in [0.29, 0.717) is 16.5 Å². The van der Waals surface area contributed by atoms with Crippen LogP contribution in [0.2, 0.25) is 0 Å². The highest BCUT2D eigenvalue weighted by molar-refractivity contribution is 9.10. The molecule has 2 aromatic carbocycles. The van der Waals surface area contributed by atoms with E-state index in [1.54, 1.807) is 23.9 Å². The molecule has 0 unspecified atom stereocenters. The second-order valence-corrected chi connectivity index (χ2v) is 6.62. The van der Waals surface area contributed by atoms with Crippen molar-refractivity contribution in [3.05, 3.63) is 58.6 Å². The first-order valence-corrected chi connectivity index (χ1v) is 8.80. The number of methoxy groups -OCH3 is 1. The summed E-state index contributed by atoms with van der Waals surface area (Å²) in [6.45, 7) is 0. The van der Waals surface area contributed by atoms with Gasteiger partial charge in [-0.05, 0) is 34.7 Å². The van der Waals surface area contributed by atoms with Gasteiger partial charge in [0.05, 0.1) is 12.9 Å². The molecule has 122 valence electrons. The van der Waals surface area contributed by atoms with E-state index in [9.17, 15) is 4.79 Å². The molecule has 0 fully saturated rings. The average molecular weight is 405 g/mol. The van der Waals surface area contributed by atoms with Gasteiger partial charge in [-0.1, -0.05) is 52.0 Å². The summed E-state index contributed by atoms with van der Waals surface area (Å²) in [5.41, 5.74) is 1.38. The molecule has 24 heavy (non-hydrogen) atoms. The quantitative estimate of drug-likeness (QED) is 0.463. The SMILES string of the molecule is COc1ccccc1-n1nnnc1SCC(=O)c1ccc(Br)cc1. The summed E-state index contributed by atoms with van der Waals surface area (Å²) in [6.07, 6.45) is 0. The number of carbonyl (C=O) groups is 1. The zero-order valence-corrected chi connectivity index (χ0v) is 15.1. The number of tetrazole rings is 1. The van der Waals surface area contributed by atoms with Crippen molar-refractivity contribution in [1.82, 2.24) is 20.2 Å². The van der Waals surface area contributed by atoms with E-state index in [0.717, 1.165) is 10.2 Å². The van der Waals surface area contributed by atoms with Gasteiger partial charge >= 0.3 is 0 Å². The fraction of sp³-hybridized carbons (Fsp3) is 0.125. The fourth-order valence-electron chi connectivity index (χ4n) is 2.07. The van der Waals surface area contributed by atoms with Crippen molar-refractivity contribution in [2.75, 3.05) is 12.9 Å². The molecule has 0 saturated heterocycles. The molecule has 0 aliphatic carbocycles. The molecule has 0 aliphatic heterocycles. The Balaban J connectivity index is 1.76. The molecule has 3 rings (SSSR count). The van der Waals surface area contributed by atoms with E-state index >= 15 is 0 Å². The van der Waals surface area contributed by atoms with Crippen LogP contribution in [0.15, 0.2) is 58.2 Å². The Morgan fingerprint density at radius 2 is 1.96 bits per heavy atom. The number of thioether (sulfide) groups is 1.